The summed E-state index contributed by atoms with van der Waals surface area (Å²) in [6, 6.07) is 0. The molecule has 1 aromatic heterocycles. The van der Waals surface area contributed by atoms with Gasteiger partial charge in [-0.3, -0.25) is 4.79 Å². The fourth-order valence-corrected chi connectivity index (χ4v) is 1.55. The predicted molar refractivity (Wildman–Crippen MR) is 57.6 cm³/mol. The first kappa shape index (κ1) is 11.5. The highest BCUT2D eigenvalue weighted by molar-refractivity contribution is 5.68. The molecule has 15 heavy (non-hydrogen) atoms. The lowest BCUT2D eigenvalue weighted by Crippen LogP contribution is -2.09. The van der Waals surface area contributed by atoms with Crippen LogP contribution in [-0.2, 0) is 11.8 Å². The van der Waals surface area contributed by atoms with Crippen LogP contribution < -0.4 is 0 Å². The highest BCUT2D eigenvalue weighted by Gasteiger charge is 2.16. The summed E-state index contributed by atoms with van der Waals surface area (Å²) in [6.45, 7) is 3.91. The van der Waals surface area contributed by atoms with Gasteiger partial charge in [-0.2, -0.15) is 0 Å². The van der Waals surface area contributed by atoms with Crippen molar-refractivity contribution in [3.8, 4) is 0 Å². The highest BCUT2D eigenvalue weighted by atomic mass is 16.4. The maximum absolute atomic E-state index is 10.7. The van der Waals surface area contributed by atoms with Gasteiger partial charge in [0, 0.05) is 25.4 Å². The van der Waals surface area contributed by atoms with E-state index < -0.39 is 5.97 Å². The zero-order valence-corrected chi connectivity index (χ0v) is 9.27. The Morgan fingerprint density at radius 1 is 1.67 bits per heavy atom. The van der Waals surface area contributed by atoms with Crippen LogP contribution >= 0.6 is 0 Å². The molecule has 4 heteroatoms. The summed E-state index contributed by atoms with van der Waals surface area (Å²) < 4.78 is 1.85. The van der Waals surface area contributed by atoms with E-state index in [4.69, 9.17) is 5.11 Å². The average molecular weight is 208 g/mol. The van der Waals surface area contributed by atoms with Gasteiger partial charge < -0.3 is 9.67 Å². The van der Waals surface area contributed by atoms with E-state index in [0.717, 1.165) is 11.4 Å². The summed E-state index contributed by atoms with van der Waals surface area (Å²) >= 11 is 0. The molecule has 0 bridgehead atoms. The highest BCUT2D eigenvalue weighted by Crippen LogP contribution is 2.20. The molecule has 0 aromatic carbocycles. The Balaban J connectivity index is 2.96. The van der Waals surface area contributed by atoms with Crippen LogP contribution in [0.1, 0.15) is 32.0 Å². The third-order valence-corrected chi connectivity index (χ3v) is 2.12. The van der Waals surface area contributed by atoms with Gasteiger partial charge in [-0.25, -0.2) is 4.98 Å². The van der Waals surface area contributed by atoms with Crippen LogP contribution in [0.15, 0.2) is 24.0 Å². The maximum Gasteiger partial charge on any atom is 0.304 e. The topological polar surface area (TPSA) is 55.1 Å². The standard InChI is InChI=1S/C11H16N2O2/c1-8(2)6-9(7-10(14)15)11-12-4-5-13(11)3/h4-6,9H,7H2,1-3H3,(H,14,15). The molecule has 0 aliphatic rings. The van der Waals surface area contributed by atoms with Gasteiger partial charge in [-0.05, 0) is 13.8 Å². The number of aryl methyl sites for hydroxylation is 1. The quantitative estimate of drug-likeness (QED) is 0.769. The summed E-state index contributed by atoms with van der Waals surface area (Å²) in [5.41, 5.74) is 1.10. The van der Waals surface area contributed by atoms with Gasteiger partial charge in [-0.15, -0.1) is 0 Å². The Morgan fingerprint density at radius 2 is 2.33 bits per heavy atom. The first-order valence-electron chi connectivity index (χ1n) is 4.84. The molecule has 1 unspecified atom stereocenters. The van der Waals surface area contributed by atoms with Crippen molar-refractivity contribution in [3.05, 3.63) is 29.9 Å². The van der Waals surface area contributed by atoms with Crippen molar-refractivity contribution < 1.29 is 9.90 Å². The van der Waals surface area contributed by atoms with Gasteiger partial charge in [0.15, 0.2) is 0 Å². The number of hydrogen-bond acceptors (Lipinski definition) is 2. The molecule has 0 aliphatic carbocycles. The van der Waals surface area contributed by atoms with Crippen LogP contribution in [0.4, 0.5) is 0 Å². The van der Waals surface area contributed by atoms with Crippen LogP contribution in [0.2, 0.25) is 0 Å². The number of hydrogen-bond donors (Lipinski definition) is 1. The summed E-state index contributed by atoms with van der Waals surface area (Å²) in [5.74, 6) is -0.161. The van der Waals surface area contributed by atoms with Gasteiger partial charge in [0.25, 0.3) is 0 Å². The largest absolute Gasteiger partial charge is 0.481 e. The second-order valence-electron chi connectivity index (χ2n) is 3.84. The molecule has 1 heterocycles. The molecule has 1 aromatic rings. The lowest BCUT2D eigenvalue weighted by molar-refractivity contribution is -0.137. The zero-order chi connectivity index (χ0) is 11.4. The molecule has 1 rings (SSSR count). The van der Waals surface area contributed by atoms with E-state index in [-0.39, 0.29) is 12.3 Å². The second-order valence-corrected chi connectivity index (χ2v) is 3.84. The Kier molecular flexibility index (Phi) is 3.66. The molecule has 0 amide bonds. The van der Waals surface area contributed by atoms with Crippen LogP contribution in [-0.4, -0.2) is 20.6 Å². The molecule has 1 atom stereocenters. The molecule has 4 nitrogen and oxygen atoms in total. The Labute approximate surface area is 89.3 Å². The number of imidazole rings is 1. The van der Waals surface area contributed by atoms with Gasteiger partial charge in [0.2, 0.25) is 0 Å². The molecule has 1 N–H and O–H groups in total. The van der Waals surface area contributed by atoms with Crippen molar-refractivity contribution in [3.63, 3.8) is 0 Å². The Bertz CT molecular complexity index is 376. The number of rotatable bonds is 4. The monoisotopic (exact) mass is 208 g/mol. The van der Waals surface area contributed by atoms with Crippen LogP contribution in [0.3, 0.4) is 0 Å². The molecule has 0 saturated carbocycles. The van der Waals surface area contributed by atoms with Crippen molar-refractivity contribution in [1.29, 1.82) is 0 Å². The lowest BCUT2D eigenvalue weighted by atomic mass is 10.0. The number of allylic oxidation sites excluding steroid dienone is 2. The van der Waals surface area contributed by atoms with Crippen molar-refractivity contribution >= 4 is 5.97 Å². The third kappa shape index (κ3) is 3.23. The number of carbonyl (C=O) groups is 1. The minimum Gasteiger partial charge on any atom is -0.481 e. The molecule has 0 spiro atoms. The molecule has 0 aliphatic heterocycles. The lowest BCUT2D eigenvalue weighted by Gasteiger charge is -2.10. The summed E-state index contributed by atoms with van der Waals surface area (Å²) in [7, 11) is 1.87. The van der Waals surface area contributed by atoms with E-state index in [1.165, 1.54) is 0 Å². The molecular weight excluding hydrogens is 192 g/mol. The van der Waals surface area contributed by atoms with Crippen molar-refractivity contribution in [1.82, 2.24) is 9.55 Å². The summed E-state index contributed by atoms with van der Waals surface area (Å²) in [4.78, 5) is 14.9. The van der Waals surface area contributed by atoms with Crippen LogP contribution in [0.25, 0.3) is 0 Å². The third-order valence-electron chi connectivity index (χ3n) is 2.12. The average Bonchev–Trinajstić information content (AvgIpc) is 2.48. The first-order valence-corrected chi connectivity index (χ1v) is 4.84. The molecule has 0 fully saturated rings. The van der Waals surface area contributed by atoms with Crippen molar-refractivity contribution in [2.75, 3.05) is 0 Å². The van der Waals surface area contributed by atoms with E-state index >= 15 is 0 Å². The van der Waals surface area contributed by atoms with Gasteiger partial charge in [-0.1, -0.05) is 11.6 Å². The second kappa shape index (κ2) is 4.77. The molecule has 0 saturated heterocycles. The van der Waals surface area contributed by atoms with E-state index in [1.54, 1.807) is 6.20 Å². The van der Waals surface area contributed by atoms with E-state index in [2.05, 4.69) is 4.98 Å². The van der Waals surface area contributed by atoms with E-state index in [9.17, 15) is 4.79 Å². The number of aliphatic carboxylic acids is 1. The van der Waals surface area contributed by atoms with Gasteiger partial charge in [0.05, 0.1) is 6.42 Å². The van der Waals surface area contributed by atoms with Crippen molar-refractivity contribution in [2.24, 2.45) is 7.05 Å². The van der Waals surface area contributed by atoms with Crippen LogP contribution in [0.5, 0.6) is 0 Å². The van der Waals surface area contributed by atoms with Gasteiger partial charge >= 0.3 is 5.97 Å². The number of aromatic nitrogens is 2. The molecule has 0 radical (unpaired) electrons. The first-order chi connectivity index (χ1) is 7.00. The normalized spacial score (nSPS) is 12.2. The molecule has 82 valence electrons. The Hall–Kier alpha value is -1.58. The smallest absolute Gasteiger partial charge is 0.304 e. The van der Waals surface area contributed by atoms with Gasteiger partial charge in [0.1, 0.15) is 5.82 Å². The predicted octanol–water partition coefficient (Wildman–Crippen LogP) is 1.94. The fraction of sp³-hybridized carbons (Fsp3) is 0.455. The maximum atomic E-state index is 10.7. The number of nitrogens with zero attached hydrogens (tertiary/aromatic N) is 2. The number of carboxylic acids is 1. The number of carboxylic acid groups (broad SMARTS) is 1. The van der Waals surface area contributed by atoms with E-state index in [0.29, 0.717) is 0 Å². The minimum atomic E-state index is -0.805. The summed E-state index contributed by atoms with van der Waals surface area (Å²) in [6.07, 6.45) is 5.53. The zero-order valence-electron chi connectivity index (χ0n) is 9.27. The fourth-order valence-electron chi connectivity index (χ4n) is 1.55. The molecular formula is C11H16N2O2. The Morgan fingerprint density at radius 3 is 2.73 bits per heavy atom. The van der Waals surface area contributed by atoms with Crippen molar-refractivity contribution in [2.45, 2.75) is 26.2 Å². The summed E-state index contributed by atoms with van der Waals surface area (Å²) in [5, 5.41) is 8.82. The SMILES string of the molecule is CC(C)=CC(CC(=O)O)c1nccn1C. The van der Waals surface area contributed by atoms with Crippen LogP contribution in [0, 0.1) is 0 Å². The minimum absolute atomic E-state index is 0.0794. The van der Waals surface area contributed by atoms with E-state index in [1.807, 2.05) is 37.7 Å².